The van der Waals surface area contributed by atoms with Gasteiger partial charge < -0.3 is 24.4 Å². The molecule has 8 heteroatoms. The Morgan fingerprint density at radius 2 is 1.84 bits per heavy atom. The molecule has 0 spiro atoms. The first-order valence-corrected chi connectivity index (χ1v) is 10.1. The second kappa shape index (κ2) is 9.90. The lowest BCUT2D eigenvalue weighted by atomic mass is 10.2. The topological polar surface area (TPSA) is 85.8 Å². The summed E-state index contributed by atoms with van der Waals surface area (Å²) < 4.78 is 16.6. The highest BCUT2D eigenvalue weighted by atomic mass is 16.5. The number of nitrogens with one attached hydrogen (secondary N) is 1. The monoisotopic (exact) mass is 420 g/mol. The quantitative estimate of drug-likeness (QED) is 0.629. The van der Waals surface area contributed by atoms with Crippen LogP contribution in [0, 0.1) is 0 Å². The molecule has 0 saturated carbocycles. The molecule has 1 fully saturated rings. The molecule has 3 aromatic rings. The number of amides is 1. The van der Waals surface area contributed by atoms with Gasteiger partial charge in [0.2, 0.25) is 0 Å². The van der Waals surface area contributed by atoms with Crippen LogP contribution in [0.3, 0.4) is 0 Å². The third-order valence-corrected chi connectivity index (χ3v) is 4.88. The van der Waals surface area contributed by atoms with Crippen LogP contribution in [0.25, 0.3) is 0 Å². The molecule has 1 aromatic heterocycles. The first-order chi connectivity index (χ1) is 15.2. The second-order valence-electron chi connectivity index (χ2n) is 6.95. The molecule has 31 heavy (non-hydrogen) atoms. The van der Waals surface area contributed by atoms with E-state index in [1.165, 1.54) is 0 Å². The minimum atomic E-state index is -0.164. The van der Waals surface area contributed by atoms with Crippen molar-refractivity contribution in [1.29, 1.82) is 0 Å². The number of benzene rings is 2. The first kappa shape index (κ1) is 20.6. The molecule has 160 valence electrons. The zero-order chi connectivity index (χ0) is 21.5. The molecule has 2 aromatic carbocycles. The van der Waals surface area contributed by atoms with Crippen molar-refractivity contribution in [3.63, 3.8) is 0 Å². The summed E-state index contributed by atoms with van der Waals surface area (Å²) >= 11 is 0. The Morgan fingerprint density at radius 3 is 2.61 bits per heavy atom. The number of hydrogen-bond donors (Lipinski definition) is 1. The number of nitrogens with zero attached hydrogens (tertiary/aromatic N) is 3. The molecule has 0 bridgehead atoms. The summed E-state index contributed by atoms with van der Waals surface area (Å²) in [6, 6.07) is 14.5. The van der Waals surface area contributed by atoms with Gasteiger partial charge >= 0.3 is 0 Å². The smallest absolute Gasteiger partial charge is 0.263 e. The van der Waals surface area contributed by atoms with Gasteiger partial charge in [-0.1, -0.05) is 12.1 Å². The number of methoxy groups -OCH3 is 1. The summed E-state index contributed by atoms with van der Waals surface area (Å²) in [5.74, 6) is 2.29. The Hall–Kier alpha value is -3.65. The third kappa shape index (κ3) is 5.29. The van der Waals surface area contributed by atoms with Gasteiger partial charge in [0.05, 0.1) is 20.3 Å². The number of hydrogen-bond acceptors (Lipinski definition) is 7. The molecule has 1 saturated heterocycles. The van der Waals surface area contributed by atoms with Crippen LogP contribution in [0.1, 0.15) is 15.9 Å². The minimum Gasteiger partial charge on any atom is -0.497 e. The van der Waals surface area contributed by atoms with Crippen LogP contribution in [-0.2, 0) is 11.3 Å². The Kier molecular flexibility index (Phi) is 6.59. The van der Waals surface area contributed by atoms with E-state index in [1.807, 2.05) is 24.3 Å². The van der Waals surface area contributed by atoms with Crippen molar-refractivity contribution in [2.75, 3.05) is 38.3 Å². The summed E-state index contributed by atoms with van der Waals surface area (Å²) in [4.78, 5) is 23.3. The van der Waals surface area contributed by atoms with Crippen LogP contribution in [-0.4, -0.2) is 49.3 Å². The van der Waals surface area contributed by atoms with E-state index in [1.54, 1.807) is 43.8 Å². The van der Waals surface area contributed by atoms with Crippen molar-refractivity contribution >= 4 is 11.7 Å². The number of morpholine rings is 1. The van der Waals surface area contributed by atoms with Gasteiger partial charge in [0.15, 0.2) is 5.82 Å². The predicted octanol–water partition coefficient (Wildman–Crippen LogP) is 3.04. The fourth-order valence-electron chi connectivity index (χ4n) is 3.23. The molecule has 1 amide bonds. The van der Waals surface area contributed by atoms with Gasteiger partial charge in [0.25, 0.3) is 11.8 Å². The van der Waals surface area contributed by atoms with E-state index in [4.69, 9.17) is 14.2 Å². The van der Waals surface area contributed by atoms with E-state index < -0.39 is 0 Å². The number of rotatable bonds is 7. The standard InChI is InChI=1S/C23H24N4O4/c1-29-20-4-2-3-17(15-20)16-26-22(28)18-5-7-19(8-6-18)31-23-21(24-9-10-25-23)27-11-13-30-14-12-27/h2-10,15H,11-14,16H2,1H3,(H,26,28). The molecule has 0 aliphatic carbocycles. The zero-order valence-corrected chi connectivity index (χ0v) is 17.3. The van der Waals surface area contributed by atoms with Crippen LogP contribution in [0.4, 0.5) is 5.82 Å². The fraction of sp³-hybridized carbons (Fsp3) is 0.261. The largest absolute Gasteiger partial charge is 0.497 e. The van der Waals surface area contributed by atoms with Gasteiger partial charge in [-0.15, -0.1) is 0 Å². The maximum Gasteiger partial charge on any atom is 0.263 e. The molecule has 8 nitrogen and oxygen atoms in total. The fourth-order valence-corrected chi connectivity index (χ4v) is 3.23. The molecule has 2 heterocycles. The van der Waals surface area contributed by atoms with Gasteiger partial charge in [-0.3, -0.25) is 4.79 Å². The number of ether oxygens (including phenoxy) is 3. The number of anilines is 1. The molecule has 0 unspecified atom stereocenters. The van der Waals surface area contributed by atoms with Crippen molar-refractivity contribution in [2.24, 2.45) is 0 Å². The van der Waals surface area contributed by atoms with Gasteiger partial charge in [0.1, 0.15) is 11.5 Å². The summed E-state index contributed by atoms with van der Waals surface area (Å²) in [6.45, 7) is 3.19. The summed E-state index contributed by atoms with van der Waals surface area (Å²) in [5.41, 5.74) is 1.51. The lowest BCUT2D eigenvalue weighted by Gasteiger charge is -2.28. The van der Waals surface area contributed by atoms with E-state index in [9.17, 15) is 4.79 Å². The van der Waals surface area contributed by atoms with E-state index in [2.05, 4.69) is 20.2 Å². The molecule has 1 aliphatic heterocycles. The Labute approximate surface area is 180 Å². The first-order valence-electron chi connectivity index (χ1n) is 10.1. The Balaban J connectivity index is 1.39. The highest BCUT2D eigenvalue weighted by molar-refractivity contribution is 5.94. The van der Waals surface area contributed by atoms with E-state index >= 15 is 0 Å². The van der Waals surface area contributed by atoms with E-state index in [0.29, 0.717) is 42.8 Å². The molecule has 4 rings (SSSR count). The highest BCUT2D eigenvalue weighted by Gasteiger charge is 2.18. The zero-order valence-electron chi connectivity index (χ0n) is 17.3. The van der Waals surface area contributed by atoms with Crippen LogP contribution >= 0.6 is 0 Å². The van der Waals surface area contributed by atoms with Crippen LogP contribution in [0.5, 0.6) is 17.4 Å². The van der Waals surface area contributed by atoms with Crippen LogP contribution in [0.15, 0.2) is 60.9 Å². The van der Waals surface area contributed by atoms with E-state index in [-0.39, 0.29) is 5.91 Å². The lowest BCUT2D eigenvalue weighted by molar-refractivity contribution is 0.0951. The molecular formula is C23H24N4O4. The highest BCUT2D eigenvalue weighted by Crippen LogP contribution is 2.28. The normalized spacial score (nSPS) is 13.5. The van der Waals surface area contributed by atoms with Gasteiger partial charge in [-0.25, -0.2) is 9.97 Å². The van der Waals surface area contributed by atoms with Crippen LogP contribution in [0.2, 0.25) is 0 Å². The maximum atomic E-state index is 12.5. The second-order valence-corrected chi connectivity index (χ2v) is 6.95. The van der Waals surface area contributed by atoms with Crippen molar-refractivity contribution in [3.8, 4) is 17.4 Å². The Bertz CT molecular complexity index is 1020. The number of carbonyl (C=O) groups is 1. The predicted molar refractivity (Wildman–Crippen MR) is 116 cm³/mol. The maximum absolute atomic E-state index is 12.5. The summed E-state index contributed by atoms with van der Waals surface area (Å²) in [5, 5.41) is 2.91. The Morgan fingerprint density at radius 1 is 1.06 bits per heavy atom. The minimum absolute atomic E-state index is 0.164. The number of carbonyl (C=O) groups excluding carboxylic acids is 1. The van der Waals surface area contributed by atoms with Crippen molar-refractivity contribution in [2.45, 2.75) is 6.54 Å². The van der Waals surface area contributed by atoms with Gasteiger partial charge in [-0.05, 0) is 42.0 Å². The average Bonchev–Trinajstić information content (AvgIpc) is 2.84. The van der Waals surface area contributed by atoms with Crippen molar-refractivity contribution < 1.29 is 19.0 Å². The molecule has 0 radical (unpaired) electrons. The van der Waals surface area contributed by atoms with Crippen LogP contribution < -0.4 is 19.7 Å². The SMILES string of the molecule is COc1cccc(CNC(=O)c2ccc(Oc3nccnc3N3CCOCC3)cc2)c1. The van der Waals surface area contributed by atoms with Crippen molar-refractivity contribution in [3.05, 3.63) is 72.1 Å². The molecular weight excluding hydrogens is 396 g/mol. The van der Waals surface area contributed by atoms with E-state index in [0.717, 1.165) is 24.4 Å². The molecule has 0 atom stereocenters. The average molecular weight is 420 g/mol. The lowest BCUT2D eigenvalue weighted by Crippen LogP contribution is -2.37. The molecule has 1 aliphatic rings. The third-order valence-electron chi connectivity index (χ3n) is 4.88. The molecule has 1 N–H and O–H groups in total. The van der Waals surface area contributed by atoms with Gasteiger partial charge in [0, 0.05) is 37.6 Å². The summed E-state index contributed by atoms with van der Waals surface area (Å²) in [6.07, 6.45) is 3.24. The van der Waals surface area contributed by atoms with Gasteiger partial charge in [-0.2, -0.15) is 0 Å². The van der Waals surface area contributed by atoms with Crippen molar-refractivity contribution in [1.82, 2.24) is 15.3 Å². The number of aromatic nitrogens is 2. The summed E-state index contributed by atoms with van der Waals surface area (Å²) in [7, 11) is 1.62.